The van der Waals surface area contributed by atoms with Crippen LogP contribution >= 0.6 is 0 Å². The van der Waals surface area contributed by atoms with Crippen molar-refractivity contribution in [3.8, 4) is 11.4 Å². The van der Waals surface area contributed by atoms with Crippen LogP contribution in [0.3, 0.4) is 0 Å². The number of hydrogen-bond donors (Lipinski definition) is 1. The third-order valence-corrected chi connectivity index (χ3v) is 4.85. The second-order valence-electron chi connectivity index (χ2n) is 7.85. The molecule has 4 heteroatoms. The van der Waals surface area contributed by atoms with Crippen molar-refractivity contribution >= 4 is 0 Å². The summed E-state index contributed by atoms with van der Waals surface area (Å²) >= 11 is 0. The summed E-state index contributed by atoms with van der Waals surface area (Å²) < 4.78 is 0. The lowest BCUT2D eigenvalue weighted by atomic mass is 9.92. The highest BCUT2D eigenvalue weighted by molar-refractivity contribution is 5.60. The standard InChI is InChI=1S/C20H27N3O/c1-14-8-7-11-23(14)13-15-9-5-6-10-16(15)19-21-17(20(2,3)4)12-18(24)22-19/h5-6,9-10,12,14H,7-8,11,13H2,1-4H3,(H,21,22,24). The van der Waals surface area contributed by atoms with E-state index in [9.17, 15) is 4.79 Å². The van der Waals surface area contributed by atoms with E-state index in [0.717, 1.165) is 24.3 Å². The van der Waals surface area contributed by atoms with E-state index in [2.05, 4.69) is 55.8 Å². The first kappa shape index (κ1) is 16.9. The monoisotopic (exact) mass is 325 g/mol. The normalized spacial score (nSPS) is 18.9. The van der Waals surface area contributed by atoms with Gasteiger partial charge in [-0.2, -0.15) is 0 Å². The highest BCUT2D eigenvalue weighted by Crippen LogP contribution is 2.26. The van der Waals surface area contributed by atoms with Gasteiger partial charge in [-0.3, -0.25) is 9.69 Å². The molecule has 1 aliphatic heterocycles. The molecule has 4 nitrogen and oxygen atoms in total. The van der Waals surface area contributed by atoms with Gasteiger partial charge in [-0.05, 0) is 31.9 Å². The van der Waals surface area contributed by atoms with Crippen molar-refractivity contribution in [2.75, 3.05) is 6.54 Å². The summed E-state index contributed by atoms with van der Waals surface area (Å²) in [4.78, 5) is 22.3. The molecule has 0 bridgehead atoms. The van der Waals surface area contributed by atoms with Crippen LogP contribution in [0.5, 0.6) is 0 Å². The fourth-order valence-corrected chi connectivity index (χ4v) is 3.31. The average molecular weight is 325 g/mol. The SMILES string of the molecule is CC1CCCN1Cc1ccccc1-c1nc(C(C)(C)C)cc(=O)[nH]1. The number of rotatable bonds is 3. The van der Waals surface area contributed by atoms with Gasteiger partial charge >= 0.3 is 0 Å². The summed E-state index contributed by atoms with van der Waals surface area (Å²) in [6.07, 6.45) is 2.52. The number of benzene rings is 1. The van der Waals surface area contributed by atoms with Crippen molar-refractivity contribution in [2.24, 2.45) is 0 Å². The molecule has 0 spiro atoms. The van der Waals surface area contributed by atoms with Crippen molar-refractivity contribution in [3.05, 3.63) is 51.9 Å². The Hall–Kier alpha value is -1.94. The molecule has 1 unspecified atom stereocenters. The van der Waals surface area contributed by atoms with Crippen LogP contribution in [0.4, 0.5) is 0 Å². The topological polar surface area (TPSA) is 49.0 Å². The first-order valence-corrected chi connectivity index (χ1v) is 8.79. The summed E-state index contributed by atoms with van der Waals surface area (Å²) in [5.41, 5.74) is 2.83. The van der Waals surface area contributed by atoms with Gasteiger partial charge in [-0.25, -0.2) is 4.98 Å². The van der Waals surface area contributed by atoms with E-state index < -0.39 is 0 Å². The first-order chi connectivity index (χ1) is 11.3. The fourth-order valence-electron chi connectivity index (χ4n) is 3.31. The van der Waals surface area contributed by atoms with Gasteiger partial charge < -0.3 is 4.98 Å². The van der Waals surface area contributed by atoms with Crippen molar-refractivity contribution < 1.29 is 0 Å². The number of likely N-dealkylation sites (tertiary alicyclic amines) is 1. The number of hydrogen-bond acceptors (Lipinski definition) is 3. The Morgan fingerprint density at radius 3 is 2.71 bits per heavy atom. The van der Waals surface area contributed by atoms with E-state index in [4.69, 9.17) is 4.98 Å². The largest absolute Gasteiger partial charge is 0.307 e. The van der Waals surface area contributed by atoms with Crippen LogP contribution in [0, 0.1) is 0 Å². The molecule has 2 heterocycles. The molecular formula is C20H27N3O. The van der Waals surface area contributed by atoms with Crippen LogP contribution in [0.1, 0.15) is 51.8 Å². The number of H-pyrrole nitrogens is 1. The Balaban J connectivity index is 2.01. The molecule has 3 rings (SSSR count). The average Bonchev–Trinajstić information content (AvgIpc) is 2.91. The molecule has 1 aliphatic rings. The molecule has 1 atom stereocenters. The molecule has 128 valence electrons. The maximum atomic E-state index is 12.1. The molecule has 0 saturated carbocycles. The maximum absolute atomic E-state index is 12.1. The molecule has 1 fully saturated rings. The minimum absolute atomic E-state index is 0.0886. The van der Waals surface area contributed by atoms with Gasteiger partial charge in [-0.1, -0.05) is 45.0 Å². The van der Waals surface area contributed by atoms with E-state index in [1.54, 1.807) is 6.07 Å². The smallest absolute Gasteiger partial charge is 0.251 e. The highest BCUT2D eigenvalue weighted by Gasteiger charge is 2.22. The minimum Gasteiger partial charge on any atom is -0.307 e. The molecule has 1 saturated heterocycles. The van der Waals surface area contributed by atoms with Crippen molar-refractivity contribution in [1.82, 2.24) is 14.9 Å². The zero-order chi connectivity index (χ0) is 17.3. The molecule has 2 aromatic rings. The number of aromatic amines is 1. The van der Waals surface area contributed by atoms with Gasteiger partial charge in [-0.15, -0.1) is 0 Å². The maximum Gasteiger partial charge on any atom is 0.251 e. The minimum atomic E-state index is -0.151. The summed E-state index contributed by atoms with van der Waals surface area (Å²) in [7, 11) is 0. The lowest BCUT2D eigenvalue weighted by molar-refractivity contribution is 0.260. The fraction of sp³-hybridized carbons (Fsp3) is 0.500. The molecule has 1 N–H and O–H groups in total. The molecule has 0 aliphatic carbocycles. The van der Waals surface area contributed by atoms with E-state index in [-0.39, 0.29) is 11.0 Å². The molecule has 1 aromatic heterocycles. The summed E-state index contributed by atoms with van der Waals surface area (Å²) in [5.74, 6) is 0.676. The lowest BCUT2D eigenvalue weighted by Gasteiger charge is -2.23. The van der Waals surface area contributed by atoms with Crippen LogP contribution in [0.25, 0.3) is 11.4 Å². The molecule has 0 radical (unpaired) electrons. The van der Waals surface area contributed by atoms with Gasteiger partial charge in [0.1, 0.15) is 5.82 Å². The van der Waals surface area contributed by atoms with E-state index in [1.807, 2.05) is 6.07 Å². The second-order valence-corrected chi connectivity index (χ2v) is 7.85. The Kier molecular flexibility index (Phi) is 4.59. The molecule has 24 heavy (non-hydrogen) atoms. The summed E-state index contributed by atoms with van der Waals surface area (Å²) in [6, 6.07) is 10.5. The molecule has 1 aromatic carbocycles. The van der Waals surface area contributed by atoms with Crippen molar-refractivity contribution in [1.29, 1.82) is 0 Å². The number of nitrogens with one attached hydrogen (secondary N) is 1. The van der Waals surface area contributed by atoms with Gasteiger partial charge in [0.05, 0.1) is 5.69 Å². The number of nitrogens with zero attached hydrogens (tertiary/aromatic N) is 2. The van der Waals surface area contributed by atoms with Gasteiger partial charge in [0.2, 0.25) is 0 Å². The van der Waals surface area contributed by atoms with E-state index in [0.29, 0.717) is 11.9 Å². The van der Waals surface area contributed by atoms with E-state index >= 15 is 0 Å². The highest BCUT2D eigenvalue weighted by atomic mass is 16.1. The van der Waals surface area contributed by atoms with Crippen LogP contribution < -0.4 is 5.56 Å². The van der Waals surface area contributed by atoms with Gasteiger partial charge in [0.25, 0.3) is 5.56 Å². The predicted molar refractivity (Wildman–Crippen MR) is 98.1 cm³/mol. The van der Waals surface area contributed by atoms with Crippen molar-refractivity contribution in [3.63, 3.8) is 0 Å². The quantitative estimate of drug-likeness (QED) is 0.935. The van der Waals surface area contributed by atoms with Crippen LogP contribution in [0.15, 0.2) is 35.1 Å². The van der Waals surface area contributed by atoms with Gasteiger partial charge in [0.15, 0.2) is 0 Å². The Bertz CT molecular complexity index is 773. The second kappa shape index (κ2) is 6.52. The first-order valence-electron chi connectivity index (χ1n) is 8.79. The predicted octanol–water partition coefficient (Wildman–Crippen LogP) is 3.72. The van der Waals surface area contributed by atoms with Crippen molar-refractivity contribution in [2.45, 2.75) is 58.5 Å². The van der Waals surface area contributed by atoms with Crippen LogP contribution in [0.2, 0.25) is 0 Å². The van der Waals surface area contributed by atoms with Crippen LogP contribution in [-0.4, -0.2) is 27.5 Å². The third-order valence-electron chi connectivity index (χ3n) is 4.85. The Morgan fingerprint density at radius 2 is 2.04 bits per heavy atom. The Labute approximate surface area is 143 Å². The zero-order valence-electron chi connectivity index (χ0n) is 15.1. The van der Waals surface area contributed by atoms with Gasteiger partial charge in [0, 0.05) is 29.6 Å². The summed E-state index contributed by atoms with van der Waals surface area (Å²) in [5, 5.41) is 0. The van der Waals surface area contributed by atoms with Crippen LogP contribution in [-0.2, 0) is 12.0 Å². The summed E-state index contributed by atoms with van der Waals surface area (Å²) in [6.45, 7) is 10.6. The number of aromatic nitrogens is 2. The van der Waals surface area contributed by atoms with E-state index in [1.165, 1.54) is 18.4 Å². The molecular weight excluding hydrogens is 298 g/mol. The third kappa shape index (κ3) is 3.59. The lowest BCUT2D eigenvalue weighted by Crippen LogP contribution is -2.26. The Morgan fingerprint density at radius 1 is 1.29 bits per heavy atom. The zero-order valence-corrected chi connectivity index (χ0v) is 15.1. The molecule has 0 amide bonds.